The summed E-state index contributed by atoms with van der Waals surface area (Å²) in [5, 5.41) is 13.5. The number of amidine groups is 1. The van der Waals surface area contributed by atoms with Gasteiger partial charge in [0.25, 0.3) is 11.6 Å². The molecule has 0 bridgehead atoms. The number of rotatable bonds is 3. The van der Waals surface area contributed by atoms with Gasteiger partial charge in [0, 0.05) is 6.42 Å². The molecule has 3 heterocycles. The number of nitrogens with zero attached hydrogens (tertiary/aromatic N) is 2. The lowest BCUT2D eigenvalue weighted by atomic mass is 10.1. The molecular weight excluding hydrogens is 308 g/mol. The fraction of sp³-hybridized carbons (Fsp3) is 0.389. The second-order valence-corrected chi connectivity index (χ2v) is 7.02. The Hall–Kier alpha value is -1.85. The number of ether oxygens (including phenoxy) is 1. The molecule has 0 radical (unpaired) electrons. The average molecular weight is 329 g/mol. The van der Waals surface area contributed by atoms with E-state index in [4.69, 9.17) is 4.74 Å². The highest BCUT2D eigenvalue weighted by molar-refractivity contribution is 7.10. The normalized spacial score (nSPS) is 24.0. The van der Waals surface area contributed by atoms with Crippen molar-refractivity contribution in [2.75, 3.05) is 25.1 Å². The standard InChI is InChI=1S/C18H21N2O2S/c1-22-15-8-3-2-7-14(15)19-13-18(21,16-9-6-12-23-16)20-11-5-4-10-17(19)20/h2-3,6-9,12,21H,4-5,10-11,13H2,1H3/q+1/t18-/m1/s1. The largest absolute Gasteiger partial charge is 0.492 e. The zero-order valence-electron chi connectivity index (χ0n) is 13.2. The van der Waals surface area contributed by atoms with Gasteiger partial charge in [-0.2, -0.15) is 0 Å². The summed E-state index contributed by atoms with van der Waals surface area (Å²) in [5.74, 6) is 2.05. The molecule has 1 aromatic carbocycles. The fourth-order valence-corrected chi connectivity index (χ4v) is 4.51. The number of hydrogen-bond acceptors (Lipinski definition) is 4. The molecule has 4 rings (SSSR count). The lowest BCUT2D eigenvalue weighted by molar-refractivity contribution is -0.660. The van der Waals surface area contributed by atoms with Crippen LogP contribution in [-0.4, -0.2) is 35.7 Å². The Kier molecular flexibility index (Phi) is 3.62. The Morgan fingerprint density at radius 1 is 1.22 bits per heavy atom. The third-order valence-corrected chi connectivity index (χ3v) is 5.78. The van der Waals surface area contributed by atoms with E-state index >= 15 is 0 Å². The van der Waals surface area contributed by atoms with E-state index in [0.29, 0.717) is 6.54 Å². The summed E-state index contributed by atoms with van der Waals surface area (Å²) < 4.78 is 7.73. The summed E-state index contributed by atoms with van der Waals surface area (Å²) in [7, 11) is 1.70. The molecule has 0 fully saturated rings. The monoisotopic (exact) mass is 329 g/mol. The minimum atomic E-state index is -0.940. The molecule has 0 aliphatic carbocycles. The quantitative estimate of drug-likeness (QED) is 0.879. The fourth-order valence-electron chi connectivity index (χ4n) is 3.69. The molecule has 4 nitrogen and oxygen atoms in total. The number of aliphatic hydroxyl groups is 1. The van der Waals surface area contributed by atoms with Crippen LogP contribution in [-0.2, 0) is 5.72 Å². The van der Waals surface area contributed by atoms with Gasteiger partial charge in [-0.25, -0.2) is 9.48 Å². The van der Waals surface area contributed by atoms with Crippen LogP contribution in [0, 0.1) is 0 Å². The maximum Gasteiger partial charge on any atom is 0.280 e. The van der Waals surface area contributed by atoms with Gasteiger partial charge in [-0.15, -0.1) is 11.3 Å². The maximum atomic E-state index is 11.5. The van der Waals surface area contributed by atoms with E-state index in [-0.39, 0.29) is 0 Å². The van der Waals surface area contributed by atoms with Crippen molar-refractivity contribution in [1.82, 2.24) is 0 Å². The van der Waals surface area contributed by atoms with Crippen LogP contribution in [0.15, 0.2) is 41.8 Å². The zero-order chi connectivity index (χ0) is 15.9. The molecule has 0 spiro atoms. The first-order chi connectivity index (χ1) is 11.2. The Balaban J connectivity index is 1.83. The predicted octanol–water partition coefficient (Wildman–Crippen LogP) is 3.02. The minimum absolute atomic E-state index is 0.545. The van der Waals surface area contributed by atoms with Gasteiger partial charge in [0.05, 0.1) is 18.5 Å². The van der Waals surface area contributed by atoms with Gasteiger partial charge in [-0.3, -0.25) is 0 Å². The van der Waals surface area contributed by atoms with Crippen LogP contribution in [0.1, 0.15) is 24.1 Å². The smallest absolute Gasteiger partial charge is 0.280 e. The Morgan fingerprint density at radius 3 is 2.87 bits per heavy atom. The lowest BCUT2D eigenvalue weighted by Gasteiger charge is -2.22. The van der Waals surface area contributed by atoms with E-state index in [1.807, 2.05) is 35.7 Å². The SMILES string of the molecule is COc1ccccc1N1C[C@@](O)(c2cccs2)[N+]2=C1CCCC2. The van der Waals surface area contributed by atoms with Crippen molar-refractivity contribution in [2.24, 2.45) is 0 Å². The number of thiophene rings is 1. The van der Waals surface area contributed by atoms with Crippen molar-refractivity contribution < 1.29 is 14.4 Å². The van der Waals surface area contributed by atoms with E-state index < -0.39 is 5.72 Å². The number of methoxy groups -OCH3 is 1. The molecule has 0 amide bonds. The van der Waals surface area contributed by atoms with Gasteiger partial charge in [-0.1, -0.05) is 18.2 Å². The molecule has 0 unspecified atom stereocenters. The topological polar surface area (TPSA) is 35.7 Å². The van der Waals surface area contributed by atoms with E-state index in [1.54, 1.807) is 18.4 Å². The molecule has 120 valence electrons. The average Bonchev–Trinajstić information content (AvgIpc) is 3.23. The van der Waals surface area contributed by atoms with Crippen LogP contribution in [0.3, 0.4) is 0 Å². The van der Waals surface area contributed by atoms with Gasteiger partial charge in [0.15, 0.2) is 18.0 Å². The van der Waals surface area contributed by atoms with E-state index in [0.717, 1.165) is 42.1 Å². The summed E-state index contributed by atoms with van der Waals surface area (Å²) in [6, 6.07) is 12.1. The number of benzene rings is 1. The van der Waals surface area contributed by atoms with Crippen LogP contribution in [0.25, 0.3) is 0 Å². The second-order valence-electron chi connectivity index (χ2n) is 6.08. The summed E-state index contributed by atoms with van der Waals surface area (Å²) in [5.41, 5.74) is 0.0921. The number of hydrogen-bond donors (Lipinski definition) is 1. The zero-order valence-corrected chi connectivity index (χ0v) is 14.1. The van der Waals surface area contributed by atoms with Crippen LogP contribution < -0.4 is 9.64 Å². The van der Waals surface area contributed by atoms with Crippen molar-refractivity contribution in [2.45, 2.75) is 25.0 Å². The first kappa shape index (κ1) is 14.7. The second kappa shape index (κ2) is 5.65. The third kappa shape index (κ3) is 2.26. The van der Waals surface area contributed by atoms with Crippen LogP contribution in [0.5, 0.6) is 5.75 Å². The van der Waals surface area contributed by atoms with Gasteiger partial charge in [-0.05, 0) is 36.4 Å². The molecule has 1 aromatic heterocycles. The van der Waals surface area contributed by atoms with Crippen molar-refractivity contribution in [1.29, 1.82) is 0 Å². The van der Waals surface area contributed by atoms with Crippen molar-refractivity contribution >= 4 is 22.9 Å². The van der Waals surface area contributed by atoms with Gasteiger partial charge in [0.2, 0.25) is 0 Å². The molecule has 23 heavy (non-hydrogen) atoms. The van der Waals surface area contributed by atoms with E-state index in [2.05, 4.69) is 15.5 Å². The Morgan fingerprint density at radius 2 is 2.09 bits per heavy atom. The maximum absolute atomic E-state index is 11.5. The number of β-amino-alcohol motifs (C(OH)–C–C–N with tert-alkyl or cyclic N) is 1. The van der Waals surface area contributed by atoms with Crippen LogP contribution in [0.4, 0.5) is 5.69 Å². The highest BCUT2D eigenvalue weighted by Crippen LogP contribution is 2.40. The Bertz CT molecular complexity index is 741. The molecule has 2 aliphatic heterocycles. The summed E-state index contributed by atoms with van der Waals surface area (Å²) >= 11 is 1.62. The minimum Gasteiger partial charge on any atom is -0.492 e. The highest BCUT2D eigenvalue weighted by atomic mass is 32.1. The molecule has 0 saturated carbocycles. The molecule has 1 atom stereocenters. The van der Waals surface area contributed by atoms with Crippen molar-refractivity contribution in [3.63, 3.8) is 0 Å². The third-order valence-electron chi connectivity index (χ3n) is 4.77. The molecule has 5 heteroatoms. The molecule has 2 aromatic rings. The molecule has 0 saturated heterocycles. The molecule has 2 aliphatic rings. The molecular formula is C18H21N2O2S+. The summed E-state index contributed by atoms with van der Waals surface area (Å²) in [6.07, 6.45) is 3.28. The summed E-state index contributed by atoms with van der Waals surface area (Å²) in [4.78, 5) is 3.24. The van der Waals surface area contributed by atoms with Crippen molar-refractivity contribution in [3.05, 3.63) is 46.7 Å². The van der Waals surface area contributed by atoms with E-state index in [1.165, 1.54) is 5.84 Å². The number of para-hydroxylation sites is 2. The lowest BCUT2D eigenvalue weighted by Crippen LogP contribution is -2.40. The Labute approximate surface area is 140 Å². The first-order valence-electron chi connectivity index (χ1n) is 8.04. The van der Waals surface area contributed by atoms with Crippen LogP contribution >= 0.6 is 11.3 Å². The molecule has 1 N–H and O–H groups in total. The van der Waals surface area contributed by atoms with Crippen LogP contribution in [0.2, 0.25) is 0 Å². The summed E-state index contributed by atoms with van der Waals surface area (Å²) in [6.45, 7) is 1.44. The van der Waals surface area contributed by atoms with Gasteiger partial charge in [0.1, 0.15) is 0 Å². The van der Waals surface area contributed by atoms with Crippen molar-refractivity contribution in [3.8, 4) is 5.75 Å². The highest BCUT2D eigenvalue weighted by Gasteiger charge is 2.53. The number of anilines is 1. The predicted molar refractivity (Wildman–Crippen MR) is 92.5 cm³/mol. The first-order valence-corrected chi connectivity index (χ1v) is 8.92. The van der Waals surface area contributed by atoms with Gasteiger partial charge >= 0.3 is 0 Å². The van der Waals surface area contributed by atoms with E-state index in [9.17, 15) is 5.11 Å². The van der Waals surface area contributed by atoms with Gasteiger partial charge < -0.3 is 9.84 Å².